The molecular weight excluding hydrogens is 342 g/mol. The number of sulfone groups is 1. The van der Waals surface area contributed by atoms with Crippen LogP contribution in [0, 0.1) is 11.3 Å². The lowest BCUT2D eigenvalue weighted by Gasteiger charge is -2.15. The predicted octanol–water partition coefficient (Wildman–Crippen LogP) is -1.42. The number of hydrogen-bond acceptors (Lipinski definition) is 7. The van der Waals surface area contributed by atoms with Gasteiger partial charge in [0.2, 0.25) is 10.0 Å². The molecule has 3 N–H and O–H groups in total. The molecule has 1 aliphatic rings. The van der Waals surface area contributed by atoms with Crippen LogP contribution in [0.1, 0.15) is 5.56 Å². The van der Waals surface area contributed by atoms with Crippen LogP contribution in [0.3, 0.4) is 0 Å². The van der Waals surface area contributed by atoms with Gasteiger partial charge in [-0.2, -0.15) is 5.26 Å². The quantitative estimate of drug-likeness (QED) is 0.530. The Labute approximate surface area is 135 Å². The van der Waals surface area contributed by atoms with E-state index in [1.54, 1.807) is 0 Å². The van der Waals surface area contributed by atoms with Crippen LogP contribution in [0.25, 0.3) is 0 Å². The van der Waals surface area contributed by atoms with Gasteiger partial charge in [0.15, 0.2) is 9.84 Å². The van der Waals surface area contributed by atoms with Crippen LogP contribution < -0.4 is 10.0 Å². The van der Waals surface area contributed by atoms with E-state index in [4.69, 9.17) is 5.26 Å². The number of nitrogens with one attached hydrogen (secondary N) is 2. The molecule has 0 bridgehead atoms. The fourth-order valence-electron chi connectivity index (χ4n) is 2.28. The number of sulfonamides is 1. The molecule has 1 saturated heterocycles. The van der Waals surface area contributed by atoms with E-state index in [2.05, 4.69) is 10.0 Å². The number of hydrogen-bond donors (Lipinski definition) is 3. The van der Waals surface area contributed by atoms with Gasteiger partial charge >= 0.3 is 0 Å². The summed E-state index contributed by atoms with van der Waals surface area (Å²) in [6, 6.07) is 6.90. The second kappa shape index (κ2) is 6.94. The number of rotatable bonds is 6. The van der Waals surface area contributed by atoms with Crippen LogP contribution in [0.4, 0.5) is 0 Å². The van der Waals surface area contributed by atoms with Gasteiger partial charge in [-0.15, -0.1) is 0 Å². The highest BCUT2D eigenvalue weighted by molar-refractivity contribution is 7.91. The Bertz CT molecular complexity index is 814. The van der Waals surface area contributed by atoms with E-state index in [9.17, 15) is 21.9 Å². The maximum absolute atomic E-state index is 12.1. The molecule has 2 atom stereocenters. The predicted molar refractivity (Wildman–Crippen MR) is 82.8 cm³/mol. The van der Waals surface area contributed by atoms with Crippen LogP contribution >= 0.6 is 0 Å². The van der Waals surface area contributed by atoms with Crippen LogP contribution in [0.15, 0.2) is 29.2 Å². The van der Waals surface area contributed by atoms with Crippen molar-refractivity contribution in [2.75, 3.05) is 24.6 Å². The highest BCUT2D eigenvalue weighted by Gasteiger charge is 2.35. The van der Waals surface area contributed by atoms with Gasteiger partial charge < -0.3 is 10.4 Å². The number of benzene rings is 1. The Morgan fingerprint density at radius 3 is 2.65 bits per heavy atom. The fourth-order valence-corrected chi connectivity index (χ4v) is 5.14. The molecule has 0 saturated carbocycles. The first-order valence-electron chi connectivity index (χ1n) is 6.85. The van der Waals surface area contributed by atoms with Gasteiger partial charge in [0.25, 0.3) is 0 Å². The van der Waals surface area contributed by atoms with Crippen LogP contribution in [0.2, 0.25) is 0 Å². The van der Waals surface area contributed by atoms with Crippen molar-refractivity contribution < 1.29 is 21.9 Å². The third kappa shape index (κ3) is 4.73. The monoisotopic (exact) mass is 359 g/mol. The molecule has 126 valence electrons. The molecule has 8 nitrogen and oxygen atoms in total. The van der Waals surface area contributed by atoms with Crippen molar-refractivity contribution in [3.8, 4) is 6.07 Å². The molecule has 10 heteroatoms. The number of nitriles is 1. The zero-order chi connectivity index (χ0) is 17.1. The average Bonchev–Trinajstić information content (AvgIpc) is 2.76. The summed E-state index contributed by atoms with van der Waals surface area (Å²) in [5.74, 6) is -0.442. The van der Waals surface area contributed by atoms with Gasteiger partial charge in [0.1, 0.15) is 0 Å². The highest BCUT2D eigenvalue weighted by atomic mass is 32.2. The molecule has 1 fully saturated rings. The Kier molecular flexibility index (Phi) is 5.38. The third-order valence-electron chi connectivity index (χ3n) is 3.42. The van der Waals surface area contributed by atoms with E-state index < -0.39 is 32.0 Å². The molecule has 23 heavy (non-hydrogen) atoms. The molecule has 0 unspecified atom stereocenters. The Balaban J connectivity index is 1.87. The fraction of sp³-hybridized carbons (Fsp3) is 0.462. The summed E-state index contributed by atoms with van der Waals surface area (Å²) in [7, 11) is -6.99. The second-order valence-corrected chi connectivity index (χ2v) is 9.16. The SMILES string of the molecule is N#Cc1cccc(S(=O)(=O)NCCN[C@H]2CS(=O)(=O)C[C@@H]2O)c1. The average molecular weight is 359 g/mol. The van der Waals surface area contributed by atoms with E-state index in [1.807, 2.05) is 6.07 Å². The lowest BCUT2D eigenvalue weighted by molar-refractivity contribution is 0.166. The summed E-state index contributed by atoms with van der Waals surface area (Å²) in [6.07, 6.45) is -0.982. The standard InChI is InChI=1S/C13H17N3O5S2/c14-7-10-2-1-3-11(6-10)23(20,21)16-5-4-15-12-8-22(18,19)9-13(12)17/h1-3,6,12-13,15-17H,4-5,8-9H2/t12-,13-/m0/s1. The van der Waals surface area contributed by atoms with Crippen molar-refractivity contribution in [3.63, 3.8) is 0 Å². The van der Waals surface area contributed by atoms with Crippen molar-refractivity contribution >= 4 is 19.9 Å². The summed E-state index contributed by atoms with van der Waals surface area (Å²) < 4.78 is 49.2. The summed E-state index contributed by atoms with van der Waals surface area (Å²) in [4.78, 5) is -0.0139. The lowest BCUT2D eigenvalue weighted by atomic mass is 10.2. The molecule has 1 aromatic carbocycles. The highest BCUT2D eigenvalue weighted by Crippen LogP contribution is 2.12. The van der Waals surface area contributed by atoms with Crippen molar-refractivity contribution in [1.29, 1.82) is 5.26 Å². The topological polar surface area (TPSA) is 136 Å². The zero-order valence-electron chi connectivity index (χ0n) is 12.1. The van der Waals surface area contributed by atoms with Gasteiger partial charge in [-0.3, -0.25) is 0 Å². The summed E-state index contributed by atoms with van der Waals surface area (Å²) >= 11 is 0. The summed E-state index contributed by atoms with van der Waals surface area (Å²) in [5.41, 5.74) is 0.241. The van der Waals surface area contributed by atoms with Crippen LogP contribution in [0.5, 0.6) is 0 Å². The minimum absolute atomic E-state index is 0.0139. The van der Waals surface area contributed by atoms with Crippen molar-refractivity contribution in [1.82, 2.24) is 10.0 Å². The molecule has 0 radical (unpaired) electrons. The Hall–Kier alpha value is -1.51. The Morgan fingerprint density at radius 1 is 1.30 bits per heavy atom. The minimum Gasteiger partial charge on any atom is -0.390 e. The largest absolute Gasteiger partial charge is 0.390 e. The van der Waals surface area contributed by atoms with Gasteiger partial charge in [-0.1, -0.05) is 6.07 Å². The maximum atomic E-state index is 12.1. The third-order valence-corrected chi connectivity index (χ3v) is 6.59. The number of aliphatic hydroxyl groups excluding tert-OH is 1. The molecule has 1 aliphatic heterocycles. The molecule has 0 spiro atoms. The first kappa shape index (κ1) is 17.8. The van der Waals surface area contributed by atoms with Gasteiger partial charge in [-0.05, 0) is 18.2 Å². The number of nitrogens with zero attached hydrogens (tertiary/aromatic N) is 1. The zero-order valence-corrected chi connectivity index (χ0v) is 13.8. The molecule has 1 aromatic rings. The van der Waals surface area contributed by atoms with E-state index >= 15 is 0 Å². The second-order valence-electron chi connectivity index (χ2n) is 5.24. The van der Waals surface area contributed by atoms with E-state index in [-0.39, 0.29) is 35.1 Å². The summed E-state index contributed by atoms with van der Waals surface area (Å²) in [5, 5.41) is 21.2. The molecular formula is C13H17N3O5S2. The van der Waals surface area contributed by atoms with E-state index in [0.717, 1.165) is 0 Å². The van der Waals surface area contributed by atoms with Crippen molar-refractivity contribution in [2.45, 2.75) is 17.0 Å². The van der Waals surface area contributed by atoms with Gasteiger partial charge in [0.05, 0.1) is 34.1 Å². The Morgan fingerprint density at radius 2 is 2.04 bits per heavy atom. The van der Waals surface area contributed by atoms with Gasteiger partial charge in [0, 0.05) is 19.1 Å². The molecule has 1 heterocycles. The normalized spacial score (nSPS) is 23.5. The maximum Gasteiger partial charge on any atom is 0.240 e. The van der Waals surface area contributed by atoms with Crippen LogP contribution in [-0.4, -0.2) is 58.7 Å². The van der Waals surface area contributed by atoms with Crippen LogP contribution in [-0.2, 0) is 19.9 Å². The van der Waals surface area contributed by atoms with Crippen molar-refractivity contribution in [2.24, 2.45) is 0 Å². The smallest absolute Gasteiger partial charge is 0.240 e. The lowest BCUT2D eigenvalue weighted by Crippen LogP contribution is -2.42. The van der Waals surface area contributed by atoms with E-state index in [1.165, 1.54) is 24.3 Å². The number of aliphatic hydroxyl groups is 1. The van der Waals surface area contributed by atoms with Crippen molar-refractivity contribution in [3.05, 3.63) is 29.8 Å². The molecule has 0 amide bonds. The first-order valence-corrected chi connectivity index (χ1v) is 10.2. The molecule has 0 aromatic heterocycles. The molecule has 0 aliphatic carbocycles. The van der Waals surface area contributed by atoms with E-state index in [0.29, 0.717) is 0 Å². The molecule has 2 rings (SSSR count). The van der Waals surface area contributed by atoms with Gasteiger partial charge in [-0.25, -0.2) is 21.6 Å². The first-order chi connectivity index (χ1) is 10.7. The minimum atomic E-state index is -3.75. The summed E-state index contributed by atoms with van der Waals surface area (Å²) in [6.45, 7) is 0.205.